The molecule has 2 bridgehead atoms. The molecule has 3 amide bonds. The normalized spacial score (nSPS) is 19.9. The first-order chi connectivity index (χ1) is 31.2. The fourth-order valence-corrected chi connectivity index (χ4v) is 8.98. The predicted molar refractivity (Wildman–Crippen MR) is 251 cm³/mol. The van der Waals surface area contributed by atoms with Crippen LogP contribution in [-0.4, -0.2) is 106 Å². The maximum atomic E-state index is 14.5. The number of rotatable bonds is 14. The van der Waals surface area contributed by atoms with Gasteiger partial charge >= 0.3 is 5.97 Å². The first kappa shape index (κ1) is 47.2. The Labute approximate surface area is 391 Å². The van der Waals surface area contributed by atoms with Gasteiger partial charge in [-0.3, -0.25) is 19.2 Å². The van der Waals surface area contributed by atoms with Crippen LogP contribution in [0.2, 0.25) is 10.0 Å². The number of esters is 1. The third-order valence-corrected chi connectivity index (χ3v) is 12.9. The minimum Gasteiger partial charge on any atom is -0.463 e. The van der Waals surface area contributed by atoms with Crippen LogP contribution in [0.4, 0.5) is 0 Å². The zero-order valence-corrected chi connectivity index (χ0v) is 39.1. The summed E-state index contributed by atoms with van der Waals surface area (Å²) in [4.78, 5) is 66.6. The largest absolute Gasteiger partial charge is 0.463 e. The van der Waals surface area contributed by atoms with Gasteiger partial charge in [-0.1, -0.05) is 71.7 Å². The lowest BCUT2D eigenvalue weighted by Gasteiger charge is -2.50. The van der Waals surface area contributed by atoms with Crippen LogP contribution in [0.3, 0.4) is 0 Å². The molecule has 1 unspecified atom stereocenters. The molecule has 4 aromatic carbocycles. The van der Waals surface area contributed by atoms with Gasteiger partial charge in [0.15, 0.2) is 0 Å². The number of halogens is 2. The summed E-state index contributed by atoms with van der Waals surface area (Å²) in [7, 11) is 7.79. The number of imidazole rings is 1. The zero-order chi connectivity index (χ0) is 46.3. The average Bonchev–Trinajstić information content (AvgIpc) is 3.65. The van der Waals surface area contributed by atoms with E-state index in [9.17, 15) is 19.2 Å². The van der Waals surface area contributed by atoms with Gasteiger partial charge in [-0.25, -0.2) is 4.98 Å². The van der Waals surface area contributed by atoms with Crippen LogP contribution >= 0.6 is 23.2 Å². The third-order valence-electron chi connectivity index (χ3n) is 12.4. The topological polar surface area (TPSA) is 138 Å². The molecule has 13 nitrogen and oxygen atoms in total. The van der Waals surface area contributed by atoms with E-state index in [0.717, 1.165) is 40.3 Å². The quantitative estimate of drug-likeness (QED) is 0.112. The van der Waals surface area contributed by atoms with Crippen molar-refractivity contribution < 1.29 is 28.7 Å². The summed E-state index contributed by atoms with van der Waals surface area (Å²) in [6.45, 7) is 2.91. The Morgan fingerprint density at radius 3 is 2.38 bits per heavy atom. The summed E-state index contributed by atoms with van der Waals surface area (Å²) in [6, 6.07) is 28.2. The van der Waals surface area contributed by atoms with E-state index in [1.165, 1.54) is 0 Å². The van der Waals surface area contributed by atoms with Crippen molar-refractivity contribution in [3.05, 3.63) is 136 Å². The van der Waals surface area contributed by atoms with Crippen molar-refractivity contribution in [2.75, 3.05) is 40.8 Å². The Hall–Kier alpha value is -5.73. The molecule has 0 radical (unpaired) electrons. The van der Waals surface area contributed by atoms with Crippen molar-refractivity contribution in [3.8, 4) is 22.8 Å². The molecule has 2 aliphatic heterocycles. The Bertz CT molecular complexity index is 2460. The molecule has 2 N–H and O–H groups in total. The second-order valence-corrected chi connectivity index (χ2v) is 18.3. The number of benzene rings is 4. The van der Waals surface area contributed by atoms with Crippen LogP contribution in [0.15, 0.2) is 103 Å². The van der Waals surface area contributed by atoms with Crippen molar-refractivity contribution in [1.82, 2.24) is 34.9 Å². The average molecular weight is 923 g/mol. The van der Waals surface area contributed by atoms with E-state index in [4.69, 9.17) is 32.7 Å². The standard InChI is InChI=1S/C50H57Cl2N7O6/c1-33(53-28-37-14-19-40(52)26-44(37)65-41-20-15-36(16-21-41)43-29-54-45(57(43)4)30-56(2)3)47(61)55-42-31-64-46(60)25-38(24-34-10-7-6-8-11-34)48(62)58(5)50(22-9-23-59(32-50)49(42)63)27-35-12-17-39(51)18-13-35/h6-8,10-21,26,29,33,38,42,53H,9,22-25,27-28,30-32H2,1-5H3,(H,55,61)/t33?,38-,42+,50-/m1/s1. The minimum absolute atomic E-state index is 0.191. The smallest absolute Gasteiger partial charge is 0.306 e. The number of amides is 3. The van der Waals surface area contributed by atoms with E-state index >= 15 is 0 Å². The molecule has 0 aliphatic carbocycles. The Balaban J connectivity index is 1.06. The van der Waals surface area contributed by atoms with Gasteiger partial charge in [0, 0.05) is 54.9 Å². The highest BCUT2D eigenvalue weighted by molar-refractivity contribution is 6.31. The lowest BCUT2D eigenvalue weighted by atomic mass is 9.80. The highest BCUT2D eigenvalue weighted by Gasteiger charge is 2.46. The van der Waals surface area contributed by atoms with Crippen molar-refractivity contribution in [2.45, 2.75) is 69.7 Å². The molecule has 342 valence electrons. The number of nitrogens with one attached hydrogen (secondary N) is 2. The first-order valence-electron chi connectivity index (χ1n) is 21.9. The summed E-state index contributed by atoms with van der Waals surface area (Å²) >= 11 is 12.7. The molecule has 15 heteroatoms. The monoisotopic (exact) mass is 921 g/mol. The number of carbonyl (C=O) groups is 4. The summed E-state index contributed by atoms with van der Waals surface area (Å²) < 4.78 is 14.1. The van der Waals surface area contributed by atoms with Gasteiger partial charge in [0.1, 0.15) is 30.0 Å². The molecule has 2 saturated heterocycles. The van der Waals surface area contributed by atoms with Crippen LogP contribution in [-0.2, 0) is 56.9 Å². The van der Waals surface area contributed by atoms with Gasteiger partial charge < -0.3 is 39.4 Å². The lowest BCUT2D eigenvalue weighted by Crippen LogP contribution is -2.65. The number of aromatic nitrogens is 2. The number of piperidine rings is 1. The number of cyclic esters (lactones) is 1. The molecular weight excluding hydrogens is 865 g/mol. The molecular formula is C50H57Cl2N7O6. The van der Waals surface area contributed by atoms with Gasteiger partial charge in [0.2, 0.25) is 17.7 Å². The van der Waals surface area contributed by atoms with Crippen molar-refractivity contribution in [1.29, 1.82) is 0 Å². The maximum Gasteiger partial charge on any atom is 0.306 e. The summed E-state index contributed by atoms with van der Waals surface area (Å²) in [5.74, 6) is -0.309. The number of hydrogen-bond donors (Lipinski definition) is 2. The van der Waals surface area contributed by atoms with Gasteiger partial charge in [0.25, 0.3) is 0 Å². The molecule has 2 aliphatic rings. The highest BCUT2D eigenvalue weighted by atomic mass is 35.5. The number of carbonyl (C=O) groups excluding carboxylic acids is 4. The van der Waals surface area contributed by atoms with Crippen LogP contribution in [0.5, 0.6) is 11.5 Å². The molecule has 2 fully saturated rings. The maximum absolute atomic E-state index is 14.5. The van der Waals surface area contributed by atoms with E-state index in [0.29, 0.717) is 53.8 Å². The van der Waals surface area contributed by atoms with Gasteiger partial charge in [-0.05, 0) is 106 Å². The van der Waals surface area contributed by atoms with Crippen LogP contribution in [0.1, 0.15) is 48.7 Å². The number of nitrogens with zero attached hydrogens (tertiary/aromatic N) is 5. The van der Waals surface area contributed by atoms with E-state index < -0.39 is 41.3 Å². The van der Waals surface area contributed by atoms with Crippen molar-refractivity contribution >= 4 is 46.9 Å². The summed E-state index contributed by atoms with van der Waals surface area (Å²) in [5.41, 5.74) is 3.81. The van der Waals surface area contributed by atoms with Crippen LogP contribution in [0.25, 0.3) is 11.3 Å². The van der Waals surface area contributed by atoms with Gasteiger partial charge in [-0.15, -0.1) is 0 Å². The molecule has 4 atom stereocenters. The number of fused-ring (bicyclic) bond motifs is 2. The SMILES string of the molecule is CC(NCc1ccc(Cl)cc1Oc1ccc(-c2cnc(CN(C)C)n2C)cc1)C(=O)N[C@H]1COC(=O)C[C@@H](Cc2ccccc2)C(=O)N(C)[C@@]2(Cc3ccc(Cl)cc3)CCCN(C2)C1=O. The Morgan fingerprint density at radius 2 is 1.66 bits per heavy atom. The summed E-state index contributed by atoms with van der Waals surface area (Å²) in [6.07, 6.45) is 3.72. The number of hydrogen-bond acceptors (Lipinski definition) is 9. The van der Waals surface area contributed by atoms with Gasteiger partial charge in [0.05, 0.1) is 42.4 Å². The zero-order valence-electron chi connectivity index (χ0n) is 37.6. The van der Waals surface area contributed by atoms with Gasteiger partial charge in [-0.2, -0.15) is 0 Å². The lowest BCUT2D eigenvalue weighted by molar-refractivity contribution is -0.158. The predicted octanol–water partition coefficient (Wildman–Crippen LogP) is 7.08. The highest BCUT2D eigenvalue weighted by Crippen LogP contribution is 2.35. The van der Waals surface area contributed by atoms with E-state index in [1.807, 2.05) is 112 Å². The molecule has 0 saturated carbocycles. The molecule has 3 heterocycles. The minimum atomic E-state index is -1.17. The first-order valence-corrected chi connectivity index (χ1v) is 22.7. The number of likely N-dealkylation sites (N-methyl/N-ethyl adjacent to an activating group) is 1. The molecule has 65 heavy (non-hydrogen) atoms. The van der Waals surface area contributed by atoms with Crippen molar-refractivity contribution in [2.24, 2.45) is 13.0 Å². The van der Waals surface area contributed by atoms with E-state index in [1.54, 1.807) is 35.9 Å². The molecule has 5 aromatic rings. The Morgan fingerprint density at radius 1 is 0.938 bits per heavy atom. The third kappa shape index (κ3) is 11.8. The number of ether oxygens (including phenoxy) is 2. The van der Waals surface area contributed by atoms with E-state index in [2.05, 4.69) is 25.1 Å². The molecule has 0 spiro atoms. The second-order valence-electron chi connectivity index (χ2n) is 17.5. The molecule has 1 aromatic heterocycles. The van der Waals surface area contributed by atoms with Crippen LogP contribution in [0, 0.1) is 5.92 Å². The second kappa shape index (κ2) is 21.1. The fraction of sp³-hybridized carbons (Fsp3) is 0.380. The van der Waals surface area contributed by atoms with Crippen LogP contribution < -0.4 is 15.4 Å². The molecule has 7 rings (SSSR count). The van der Waals surface area contributed by atoms with E-state index in [-0.39, 0.29) is 32.0 Å². The Kier molecular flexibility index (Phi) is 15.3. The fourth-order valence-electron chi connectivity index (χ4n) is 8.69. The summed E-state index contributed by atoms with van der Waals surface area (Å²) in [5, 5.41) is 7.24. The van der Waals surface area contributed by atoms with Crippen molar-refractivity contribution in [3.63, 3.8) is 0 Å².